The molecule has 0 N–H and O–H groups in total. The van der Waals surface area contributed by atoms with E-state index in [2.05, 4.69) is 0 Å². The van der Waals surface area contributed by atoms with Crippen molar-refractivity contribution in [3.8, 4) is 5.75 Å². The molecule has 0 aliphatic carbocycles. The first-order chi connectivity index (χ1) is 7.65. The fraction of sp³-hybridized carbons (Fsp3) is 0.333. The van der Waals surface area contributed by atoms with Crippen LogP contribution >= 0.6 is 11.6 Å². The zero-order valence-corrected chi connectivity index (χ0v) is 11.6. The van der Waals surface area contributed by atoms with Gasteiger partial charge in [0.1, 0.15) is 5.75 Å². The first kappa shape index (κ1) is 13.0. The lowest BCUT2D eigenvalue weighted by Gasteiger charge is -2.07. The maximum Gasteiger partial charge on any atom is 0.271 e. The highest BCUT2D eigenvalue weighted by atomic mass is 35.5. The monoisotopic (exact) mass is 261 g/mol. The molecule has 0 aromatic heterocycles. The van der Waals surface area contributed by atoms with Crippen molar-refractivity contribution in [3.05, 3.63) is 33.3 Å². The van der Waals surface area contributed by atoms with Crippen molar-refractivity contribution >= 4 is 27.5 Å². The Morgan fingerprint density at radius 3 is 2.81 bits per heavy atom. The lowest BCUT2D eigenvalue weighted by Crippen LogP contribution is -2.04. The van der Waals surface area contributed by atoms with Crippen molar-refractivity contribution in [2.45, 2.75) is 6.04 Å². The second-order valence-corrected chi connectivity index (χ2v) is 4.45. The van der Waals surface area contributed by atoms with Crippen LogP contribution in [0.2, 0.25) is 11.1 Å². The summed E-state index contributed by atoms with van der Waals surface area (Å²) in [5.41, 5.74) is -0.0576. The second kappa shape index (κ2) is 6.47. The Bertz CT molecular complexity index is 375. The van der Waals surface area contributed by atoms with Crippen molar-refractivity contribution in [3.63, 3.8) is 0 Å². The first-order valence-corrected chi connectivity index (χ1v) is 6.59. The van der Waals surface area contributed by atoms with Crippen LogP contribution in [0, 0.1) is 10.1 Å². The van der Waals surface area contributed by atoms with E-state index in [1.165, 1.54) is 18.2 Å². The van der Waals surface area contributed by atoms with Crippen LogP contribution in [-0.2, 0) is 4.74 Å². The number of hydrogen-bond donors (Lipinski definition) is 0. The van der Waals surface area contributed by atoms with Gasteiger partial charge in [0.25, 0.3) is 5.69 Å². The van der Waals surface area contributed by atoms with Gasteiger partial charge in [-0.3, -0.25) is 10.1 Å². The fourth-order valence-electron chi connectivity index (χ4n) is 1.03. The van der Waals surface area contributed by atoms with Crippen LogP contribution in [0.5, 0.6) is 5.75 Å². The van der Waals surface area contributed by atoms with Crippen LogP contribution in [0.25, 0.3) is 0 Å². The molecule has 0 amide bonds. The average molecular weight is 262 g/mol. The summed E-state index contributed by atoms with van der Waals surface area (Å²) in [6.45, 7) is 0.774. The molecular formula is C9H12ClNO4Si. The molecular weight excluding hydrogens is 250 g/mol. The van der Waals surface area contributed by atoms with Crippen LogP contribution in [0.1, 0.15) is 0 Å². The maximum atomic E-state index is 10.4. The topological polar surface area (TPSA) is 61.6 Å². The molecule has 0 heterocycles. The number of benzene rings is 1. The number of ether oxygens (including phenoxy) is 2. The Hall–Kier alpha value is -1.11. The van der Waals surface area contributed by atoms with Crippen molar-refractivity contribution in [1.82, 2.24) is 0 Å². The van der Waals surface area contributed by atoms with Crippen LogP contribution in [-0.4, -0.2) is 28.6 Å². The van der Waals surface area contributed by atoms with Gasteiger partial charge in [-0.25, -0.2) is 0 Å². The van der Waals surface area contributed by atoms with E-state index in [-0.39, 0.29) is 17.5 Å². The van der Waals surface area contributed by atoms with Crippen LogP contribution in [0.15, 0.2) is 18.2 Å². The summed E-state index contributed by atoms with van der Waals surface area (Å²) in [6.07, 6.45) is 0. The standard InChI is InChI=1S/C9H12ClNO4Si/c10-8-5-7(11(12)13)1-2-9(8)15-6-14-3-4-16/h1-2,5H,3-4,6H2,16H3. The van der Waals surface area contributed by atoms with Gasteiger partial charge in [-0.1, -0.05) is 11.6 Å². The van der Waals surface area contributed by atoms with Crippen molar-refractivity contribution in [2.75, 3.05) is 13.4 Å². The number of hydrogen-bond acceptors (Lipinski definition) is 4. The van der Waals surface area contributed by atoms with Gasteiger partial charge in [0.2, 0.25) is 0 Å². The average Bonchev–Trinajstić information content (AvgIpc) is 2.26. The van der Waals surface area contributed by atoms with E-state index in [0.717, 1.165) is 16.3 Å². The summed E-state index contributed by atoms with van der Waals surface area (Å²) in [5, 5.41) is 10.7. The smallest absolute Gasteiger partial charge is 0.271 e. The Morgan fingerprint density at radius 1 is 1.50 bits per heavy atom. The zero-order valence-electron chi connectivity index (χ0n) is 8.81. The molecule has 0 saturated carbocycles. The van der Waals surface area contributed by atoms with Crippen molar-refractivity contribution in [2.24, 2.45) is 0 Å². The number of non-ortho nitro benzene ring substituents is 1. The quantitative estimate of drug-likeness (QED) is 0.255. The molecule has 0 aliphatic rings. The molecule has 0 bridgehead atoms. The SMILES string of the molecule is O=[N+]([O-])c1ccc(OCOCC[SiH3])c(Cl)c1. The number of nitro benzene ring substituents is 1. The number of halogens is 1. The molecule has 88 valence electrons. The Kier molecular flexibility index (Phi) is 5.23. The summed E-state index contributed by atoms with van der Waals surface area (Å²) in [4.78, 5) is 9.94. The van der Waals surface area contributed by atoms with Gasteiger partial charge >= 0.3 is 0 Å². The number of nitrogens with zero attached hydrogens (tertiary/aromatic N) is 1. The Balaban J connectivity index is 2.57. The molecule has 0 unspecified atom stereocenters. The molecule has 0 fully saturated rings. The van der Waals surface area contributed by atoms with E-state index in [1.54, 1.807) is 0 Å². The van der Waals surface area contributed by atoms with Gasteiger partial charge in [0.15, 0.2) is 6.79 Å². The molecule has 16 heavy (non-hydrogen) atoms. The summed E-state index contributed by atoms with van der Waals surface area (Å²) < 4.78 is 10.4. The largest absolute Gasteiger partial charge is 0.466 e. The molecule has 0 saturated heterocycles. The van der Waals surface area contributed by atoms with E-state index < -0.39 is 4.92 Å². The lowest BCUT2D eigenvalue weighted by atomic mass is 10.3. The molecule has 0 atom stereocenters. The van der Waals surface area contributed by atoms with Gasteiger partial charge in [0.05, 0.1) is 9.95 Å². The number of nitro groups is 1. The predicted octanol–water partition coefficient (Wildman–Crippen LogP) is 1.38. The molecule has 7 heteroatoms. The van der Waals surface area contributed by atoms with E-state index in [0.29, 0.717) is 12.4 Å². The third kappa shape index (κ3) is 3.80. The normalized spacial score (nSPS) is 10.3. The van der Waals surface area contributed by atoms with E-state index in [1.807, 2.05) is 0 Å². The number of rotatable bonds is 6. The molecule has 1 aromatic rings. The van der Waals surface area contributed by atoms with Crippen LogP contribution in [0.4, 0.5) is 5.69 Å². The molecule has 1 rings (SSSR count). The highest BCUT2D eigenvalue weighted by Gasteiger charge is 2.09. The van der Waals surface area contributed by atoms with Crippen molar-refractivity contribution in [1.29, 1.82) is 0 Å². The zero-order chi connectivity index (χ0) is 12.0. The van der Waals surface area contributed by atoms with Crippen LogP contribution < -0.4 is 4.74 Å². The minimum atomic E-state index is -0.506. The predicted molar refractivity (Wildman–Crippen MR) is 64.3 cm³/mol. The summed E-state index contributed by atoms with van der Waals surface area (Å²) in [7, 11) is 1.09. The van der Waals surface area contributed by atoms with Gasteiger partial charge in [0, 0.05) is 29.0 Å². The summed E-state index contributed by atoms with van der Waals surface area (Å²) in [5.74, 6) is 0.389. The Morgan fingerprint density at radius 2 is 2.25 bits per heavy atom. The minimum Gasteiger partial charge on any atom is -0.466 e. The summed E-state index contributed by atoms with van der Waals surface area (Å²) in [6, 6.07) is 5.10. The van der Waals surface area contributed by atoms with Crippen LogP contribution in [0.3, 0.4) is 0 Å². The lowest BCUT2D eigenvalue weighted by molar-refractivity contribution is -0.384. The molecule has 0 aliphatic heterocycles. The first-order valence-electron chi connectivity index (χ1n) is 4.79. The molecule has 5 nitrogen and oxygen atoms in total. The highest BCUT2D eigenvalue weighted by molar-refractivity contribution is 6.32. The van der Waals surface area contributed by atoms with Gasteiger partial charge < -0.3 is 9.47 Å². The minimum absolute atomic E-state index is 0.0576. The molecule has 1 aromatic carbocycles. The van der Waals surface area contributed by atoms with Gasteiger partial charge in [-0.2, -0.15) is 0 Å². The molecule has 0 radical (unpaired) electrons. The maximum absolute atomic E-state index is 10.4. The third-order valence-corrected chi connectivity index (χ3v) is 2.48. The highest BCUT2D eigenvalue weighted by Crippen LogP contribution is 2.28. The Labute approximate surface area is 101 Å². The molecule has 0 spiro atoms. The fourth-order valence-corrected chi connectivity index (χ4v) is 1.55. The van der Waals surface area contributed by atoms with E-state index in [9.17, 15) is 10.1 Å². The summed E-state index contributed by atoms with van der Waals surface area (Å²) >= 11 is 5.81. The van der Waals surface area contributed by atoms with E-state index in [4.69, 9.17) is 21.1 Å². The van der Waals surface area contributed by atoms with Gasteiger partial charge in [-0.05, 0) is 12.1 Å². The van der Waals surface area contributed by atoms with Gasteiger partial charge in [-0.15, -0.1) is 0 Å². The van der Waals surface area contributed by atoms with Crippen molar-refractivity contribution < 1.29 is 14.4 Å². The van der Waals surface area contributed by atoms with E-state index >= 15 is 0 Å². The second-order valence-electron chi connectivity index (χ2n) is 3.04. The third-order valence-electron chi connectivity index (χ3n) is 1.77.